The molecule has 0 saturated carbocycles. The van der Waals surface area contributed by atoms with Crippen LogP contribution in [0.1, 0.15) is 4.88 Å². The number of benzene rings is 1. The highest BCUT2D eigenvalue weighted by Crippen LogP contribution is 2.31. The van der Waals surface area contributed by atoms with Gasteiger partial charge in [0, 0.05) is 20.0 Å². The van der Waals surface area contributed by atoms with E-state index in [2.05, 4.69) is 0 Å². The van der Waals surface area contributed by atoms with Crippen molar-refractivity contribution < 1.29 is 9.90 Å². The van der Waals surface area contributed by atoms with E-state index < -0.39 is 5.97 Å². The van der Waals surface area contributed by atoms with Crippen LogP contribution in [0.15, 0.2) is 24.3 Å². The van der Waals surface area contributed by atoms with Gasteiger partial charge in [0.25, 0.3) is 0 Å². The van der Waals surface area contributed by atoms with Crippen molar-refractivity contribution in [2.75, 3.05) is 0 Å². The average molecular weight is 227 g/mol. The number of fused-ring (bicyclic) bond motifs is 1. The summed E-state index contributed by atoms with van der Waals surface area (Å²) in [4.78, 5) is 11.3. The normalized spacial score (nSPS) is 10.6. The first kappa shape index (κ1) is 9.49. The first-order valence-electron chi connectivity index (χ1n) is 4.05. The molecule has 0 amide bonds. The molecule has 1 aromatic heterocycles. The molecule has 14 heavy (non-hydrogen) atoms. The van der Waals surface area contributed by atoms with Gasteiger partial charge in [-0.2, -0.15) is 0 Å². The summed E-state index contributed by atoms with van der Waals surface area (Å²) in [5.74, 6) is -0.812. The second-order valence-electron chi connectivity index (χ2n) is 2.93. The molecule has 4 heteroatoms. The van der Waals surface area contributed by atoms with Gasteiger partial charge in [-0.1, -0.05) is 17.7 Å². The Morgan fingerprint density at radius 2 is 2.29 bits per heavy atom. The minimum atomic E-state index is -0.812. The zero-order valence-electron chi connectivity index (χ0n) is 7.16. The van der Waals surface area contributed by atoms with Crippen molar-refractivity contribution in [1.82, 2.24) is 0 Å². The number of thiophene rings is 1. The topological polar surface area (TPSA) is 37.3 Å². The molecule has 0 aliphatic carbocycles. The summed E-state index contributed by atoms with van der Waals surface area (Å²) in [6, 6.07) is 7.46. The second-order valence-corrected chi connectivity index (χ2v) is 4.51. The molecule has 0 radical (unpaired) electrons. The summed E-state index contributed by atoms with van der Waals surface area (Å²) in [6.45, 7) is 0. The number of carbonyl (C=O) groups is 1. The molecule has 0 saturated heterocycles. The zero-order chi connectivity index (χ0) is 10.1. The molecule has 0 fully saturated rings. The molecule has 2 nitrogen and oxygen atoms in total. The molecule has 1 heterocycles. The van der Waals surface area contributed by atoms with Gasteiger partial charge in [0.2, 0.25) is 0 Å². The van der Waals surface area contributed by atoms with E-state index in [1.807, 2.05) is 18.2 Å². The lowest BCUT2D eigenvalue weighted by Crippen LogP contribution is -1.96. The fraction of sp³-hybridized carbons (Fsp3) is 0.100. The Kier molecular flexibility index (Phi) is 2.44. The fourth-order valence-corrected chi connectivity index (χ4v) is 2.68. The van der Waals surface area contributed by atoms with E-state index in [1.165, 1.54) is 11.3 Å². The Labute approximate surface area is 89.7 Å². The largest absolute Gasteiger partial charge is 0.481 e. The first-order valence-corrected chi connectivity index (χ1v) is 5.25. The van der Waals surface area contributed by atoms with E-state index in [1.54, 1.807) is 6.07 Å². The van der Waals surface area contributed by atoms with Crippen LogP contribution in [0.4, 0.5) is 0 Å². The summed E-state index contributed by atoms with van der Waals surface area (Å²) in [5.41, 5.74) is 0. The third-order valence-corrected chi connectivity index (χ3v) is 3.31. The van der Waals surface area contributed by atoms with Gasteiger partial charge in [0.1, 0.15) is 0 Å². The van der Waals surface area contributed by atoms with Gasteiger partial charge in [-0.15, -0.1) is 11.3 Å². The number of carboxylic acid groups (broad SMARTS) is 1. The molecule has 72 valence electrons. The van der Waals surface area contributed by atoms with Crippen LogP contribution in [-0.2, 0) is 11.2 Å². The van der Waals surface area contributed by atoms with E-state index in [9.17, 15) is 4.79 Å². The molecule has 0 atom stereocenters. The van der Waals surface area contributed by atoms with Crippen molar-refractivity contribution >= 4 is 39.0 Å². The Balaban J connectivity index is 2.51. The van der Waals surface area contributed by atoms with Crippen molar-refractivity contribution in [1.29, 1.82) is 0 Å². The number of halogens is 1. The predicted octanol–water partition coefficient (Wildman–Crippen LogP) is 3.18. The number of carboxylic acids is 1. The van der Waals surface area contributed by atoms with Crippen LogP contribution in [0.2, 0.25) is 5.02 Å². The summed E-state index contributed by atoms with van der Waals surface area (Å²) in [5, 5.41) is 10.3. The number of aliphatic carboxylic acids is 1. The van der Waals surface area contributed by atoms with E-state index in [4.69, 9.17) is 16.7 Å². The smallest absolute Gasteiger partial charge is 0.308 e. The van der Waals surface area contributed by atoms with Gasteiger partial charge >= 0.3 is 5.97 Å². The van der Waals surface area contributed by atoms with Gasteiger partial charge in [0.05, 0.1) is 6.42 Å². The Morgan fingerprint density at radius 1 is 1.50 bits per heavy atom. The maximum atomic E-state index is 10.5. The Bertz CT molecular complexity index is 490. The standard InChI is InChI=1S/C10H7ClO2S/c11-8-2-1-3-9-7(8)4-6(14-9)5-10(12)13/h1-4H,5H2,(H,12,13). The molecule has 0 unspecified atom stereocenters. The minimum absolute atomic E-state index is 0.0652. The third kappa shape index (κ3) is 1.74. The monoisotopic (exact) mass is 226 g/mol. The second kappa shape index (κ2) is 3.59. The summed E-state index contributed by atoms with van der Waals surface area (Å²) in [6.07, 6.45) is 0.0652. The van der Waals surface area contributed by atoms with Crippen molar-refractivity contribution in [2.24, 2.45) is 0 Å². The SMILES string of the molecule is O=C(O)Cc1cc2c(Cl)cccc2s1. The summed E-state index contributed by atoms with van der Waals surface area (Å²) < 4.78 is 1.04. The highest BCUT2D eigenvalue weighted by atomic mass is 35.5. The lowest BCUT2D eigenvalue weighted by Gasteiger charge is -1.89. The molecule has 0 aliphatic rings. The molecule has 0 spiro atoms. The van der Waals surface area contributed by atoms with Gasteiger partial charge < -0.3 is 5.11 Å². The van der Waals surface area contributed by atoms with Crippen molar-refractivity contribution in [3.63, 3.8) is 0 Å². The van der Waals surface area contributed by atoms with Gasteiger partial charge in [-0.05, 0) is 18.2 Å². The van der Waals surface area contributed by atoms with Gasteiger partial charge in [0.15, 0.2) is 0 Å². The van der Waals surface area contributed by atoms with Crippen LogP contribution >= 0.6 is 22.9 Å². The van der Waals surface area contributed by atoms with E-state index in [0.29, 0.717) is 5.02 Å². The van der Waals surface area contributed by atoms with Crippen LogP contribution in [0.5, 0.6) is 0 Å². The molecule has 1 aromatic carbocycles. The highest BCUT2D eigenvalue weighted by Gasteiger charge is 2.07. The number of hydrogen-bond acceptors (Lipinski definition) is 2. The minimum Gasteiger partial charge on any atom is -0.481 e. The molecule has 0 bridgehead atoms. The van der Waals surface area contributed by atoms with Crippen LogP contribution in [-0.4, -0.2) is 11.1 Å². The molecular weight excluding hydrogens is 220 g/mol. The fourth-order valence-electron chi connectivity index (χ4n) is 1.31. The van der Waals surface area contributed by atoms with Crippen LogP contribution < -0.4 is 0 Å². The van der Waals surface area contributed by atoms with Gasteiger partial charge in [-0.25, -0.2) is 0 Å². The molecule has 0 aliphatic heterocycles. The zero-order valence-corrected chi connectivity index (χ0v) is 8.73. The van der Waals surface area contributed by atoms with E-state index in [-0.39, 0.29) is 6.42 Å². The molecular formula is C10H7ClO2S. The van der Waals surface area contributed by atoms with Gasteiger partial charge in [-0.3, -0.25) is 4.79 Å². The molecule has 1 N–H and O–H groups in total. The van der Waals surface area contributed by atoms with Crippen molar-refractivity contribution in [2.45, 2.75) is 6.42 Å². The summed E-state index contributed by atoms with van der Waals surface area (Å²) >= 11 is 7.44. The van der Waals surface area contributed by atoms with Crippen LogP contribution in [0.3, 0.4) is 0 Å². The Hall–Kier alpha value is -1.06. The maximum absolute atomic E-state index is 10.5. The third-order valence-electron chi connectivity index (χ3n) is 1.88. The Morgan fingerprint density at radius 3 is 2.93 bits per heavy atom. The first-order chi connectivity index (χ1) is 6.66. The average Bonchev–Trinajstić information content (AvgIpc) is 2.47. The van der Waals surface area contributed by atoms with Crippen molar-refractivity contribution in [3.8, 4) is 0 Å². The quantitative estimate of drug-likeness (QED) is 0.854. The van der Waals surface area contributed by atoms with Crippen LogP contribution in [0.25, 0.3) is 10.1 Å². The molecule has 2 aromatic rings. The molecule has 2 rings (SSSR count). The van der Waals surface area contributed by atoms with Crippen LogP contribution in [0, 0.1) is 0 Å². The lowest BCUT2D eigenvalue weighted by atomic mass is 10.2. The summed E-state index contributed by atoms with van der Waals surface area (Å²) in [7, 11) is 0. The van der Waals surface area contributed by atoms with E-state index >= 15 is 0 Å². The lowest BCUT2D eigenvalue weighted by molar-refractivity contribution is -0.136. The number of rotatable bonds is 2. The van der Waals surface area contributed by atoms with E-state index in [0.717, 1.165) is 15.0 Å². The number of hydrogen-bond donors (Lipinski definition) is 1. The predicted molar refractivity (Wildman–Crippen MR) is 58.2 cm³/mol. The highest BCUT2D eigenvalue weighted by molar-refractivity contribution is 7.19. The van der Waals surface area contributed by atoms with Crippen molar-refractivity contribution in [3.05, 3.63) is 34.2 Å². The maximum Gasteiger partial charge on any atom is 0.308 e.